The fraction of sp³-hybridized carbons (Fsp3) is 0.333. The van der Waals surface area contributed by atoms with Crippen LogP contribution in [-0.4, -0.2) is 34.9 Å². The summed E-state index contributed by atoms with van der Waals surface area (Å²) in [6.07, 6.45) is 7.42. The molecule has 1 saturated carbocycles. The molecule has 1 aliphatic carbocycles. The summed E-state index contributed by atoms with van der Waals surface area (Å²) in [5, 5.41) is 3.29. The maximum Gasteiger partial charge on any atom is 0.258 e. The van der Waals surface area contributed by atoms with Gasteiger partial charge in [-0.2, -0.15) is 0 Å². The molecule has 0 unspecified atom stereocenters. The first kappa shape index (κ1) is 13.3. The van der Waals surface area contributed by atoms with E-state index in [2.05, 4.69) is 23.5 Å². The zero-order valence-corrected chi connectivity index (χ0v) is 11.0. The molecule has 1 aromatic heterocycles. The molecular formula is C15H19N3O. The lowest BCUT2D eigenvalue weighted by Crippen LogP contribution is -2.32. The number of carbonyl (C=O) groups is 1. The summed E-state index contributed by atoms with van der Waals surface area (Å²) in [4.78, 5) is 18.5. The molecule has 1 heterocycles. The molecule has 0 saturated heterocycles. The van der Waals surface area contributed by atoms with Crippen molar-refractivity contribution in [2.45, 2.75) is 18.9 Å². The molecule has 0 bridgehead atoms. The van der Waals surface area contributed by atoms with Crippen LogP contribution in [0, 0.1) is 0 Å². The Morgan fingerprint density at radius 2 is 2.11 bits per heavy atom. The number of hydrogen-bond acceptors (Lipinski definition) is 3. The van der Waals surface area contributed by atoms with Crippen molar-refractivity contribution < 1.29 is 4.79 Å². The normalized spacial score (nSPS) is 13.7. The lowest BCUT2D eigenvalue weighted by molar-refractivity contribution is 0.0791. The van der Waals surface area contributed by atoms with Crippen molar-refractivity contribution in [3.8, 4) is 0 Å². The van der Waals surface area contributed by atoms with Crippen LogP contribution < -0.4 is 5.32 Å². The van der Waals surface area contributed by atoms with Crippen molar-refractivity contribution in [2.24, 2.45) is 0 Å². The predicted molar refractivity (Wildman–Crippen MR) is 77.2 cm³/mol. The fourth-order valence-electron chi connectivity index (χ4n) is 1.84. The fourth-order valence-corrected chi connectivity index (χ4v) is 1.84. The van der Waals surface area contributed by atoms with Crippen LogP contribution in [0.4, 0.5) is 5.82 Å². The minimum absolute atomic E-state index is 0.0453. The van der Waals surface area contributed by atoms with Gasteiger partial charge in [0.1, 0.15) is 5.82 Å². The molecule has 19 heavy (non-hydrogen) atoms. The minimum Gasteiger partial charge on any atom is -0.367 e. The first-order valence-corrected chi connectivity index (χ1v) is 6.49. The zero-order valence-electron chi connectivity index (χ0n) is 11.0. The Kier molecular flexibility index (Phi) is 4.34. The number of rotatable bonds is 7. The summed E-state index contributed by atoms with van der Waals surface area (Å²) in [5.41, 5.74) is 0.609. The molecule has 0 atom stereocenters. The van der Waals surface area contributed by atoms with Crippen molar-refractivity contribution >= 4 is 11.7 Å². The van der Waals surface area contributed by atoms with Gasteiger partial charge in [-0.3, -0.25) is 4.79 Å². The molecular weight excluding hydrogens is 238 g/mol. The third-order valence-corrected chi connectivity index (χ3v) is 2.94. The lowest BCUT2D eigenvalue weighted by Gasteiger charge is -2.20. The van der Waals surface area contributed by atoms with Crippen molar-refractivity contribution in [2.75, 3.05) is 18.4 Å². The zero-order chi connectivity index (χ0) is 13.7. The largest absolute Gasteiger partial charge is 0.367 e. The first-order chi connectivity index (χ1) is 9.26. The second-order valence-corrected chi connectivity index (χ2v) is 4.61. The van der Waals surface area contributed by atoms with Gasteiger partial charge >= 0.3 is 0 Å². The highest BCUT2D eigenvalue weighted by molar-refractivity contribution is 5.99. The molecule has 0 aliphatic heterocycles. The Morgan fingerprint density at radius 3 is 2.68 bits per heavy atom. The van der Waals surface area contributed by atoms with Gasteiger partial charge in [0.25, 0.3) is 5.91 Å². The van der Waals surface area contributed by atoms with E-state index >= 15 is 0 Å². The number of aromatic nitrogens is 1. The molecule has 0 spiro atoms. The SMILES string of the molecule is C=CCN(CC=C)C(=O)c1cccnc1NC1CC1. The quantitative estimate of drug-likeness (QED) is 0.763. The second-order valence-electron chi connectivity index (χ2n) is 4.61. The molecule has 2 rings (SSSR count). The lowest BCUT2D eigenvalue weighted by atomic mass is 10.2. The number of amides is 1. The van der Waals surface area contributed by atoms with Crippen LogP contribution in [0.2, 0.25) is 0 Å². The summed E-state index contributed by atoms with van der Waals surface area (Å²) in [7, 11) is 0. The average molecular weight is 257 g/mol. The number of carbonyl (C=O) groups excluding carboxylic acids is 1. The van der Waals surface area contributed by atoms with E-state index in [1.807, 2.05) is 0 Å². The highest BCUT2D eigenvalue weighted by Crippen LogP contribution is 2.25. The van der Waals surface area contributed by atoms with Gasteiger partial charge in [-0.1, -0.05) is 12.2 Å². The third kappa shape index (κ3) is 3.44. The van der Waals surface area contributed by atoms with E-state index in [0.717, 1.165) is 12.8 Å². The molecule has 4 heteroatoms. The van der Waals surface area contributed by atoms with Crippen molar-refractivity contribution in [3.63, 3.8) is 0 Å². The van der Waals surface area contributed by atoms with Crippen molar-refractivity contribution in [1.29, 1.82) is 0 Å². The third-order valence-electron chi connectivity index (χ3n) is 2.94. The number of hydrogen-bond donors (Lipinski definition) is 1. The maximum atomic E-state index is 12.5. The van der Waals surface area contributed by atoms with Gasteiger partial charge in [-0.15, -0.1) is 13.2 Å². The number of pyridine rings is 1. The number of nitrogens with zero attached hydrogens (tertiary/aromatic N) is 2. The van der Waals surface area contributed by atoms with Gasteiger partial charge in [0.2, 0.25) is 0 Å². The molecule has 100 valence electrons. The molecule has 1 fully saturated rings. The Hall–Kier alpha value is -2.10. The van der Waals surface area contributed by atoms with Gasteiger partial charge < -0.3 is 10.2 Å². The highest BCUT2D eigenvalue weighted by atomic mass is 16.2. The first-order valence-electron chi connectivity index (χ1n) is 6.49. The Morgan fingerprint density at radius 1 is 1.42 bits per heavy atom. The molecule has 1 aliphatic rings. The molecule has 4 nitrogen and oxygen atoms in total. The van der Waals surface area contributed by atoms with E-state index < -0.39 is 0 Å². The van der Waals surface area contributed by atoms with Crippen LogP contribution in [0.25, 0.3) is 0 Å². The Balaban J connectivity index is 2.19. The summed E-state index contributed by atoms with van der Waals surface area (Å²) < 4.78 is 0. The van der Waals surface area contributed by atoms with Gasteiger partial charge in [-0.05, 0) is 25.0 Å². The van der Waals surface area contributed by atoms with Crippen LogP contribution in [-0.2, 0) is 0 Å². The van der Waals surface area contributed by atoms with Crippen molar-refractivity contribution in [1.82, 2.24) is 9.88 Å². The standard InChI is InChI=1S/C15H19N3O/c1-3-10-18(11-4-2)15(19)13-6-5-9-16-14(13)17-12-7-8-12/h3-6,9,12H,1-2,7-8,10-11H2,(H,16,17). The molecule has 1 N–H and O–H groups in total. The van der Waals surface area contributed by atoms with Crippen LogP contribution in [0.5, 0.6) is 0 Å². The summed E-state index contributed by atoms with van der Waals surface area (Å²) in [6, 6.07) is 4.05. The number of nitrogens with one attached hydrogen (secondary N) is 1. The van der Waals surface area contributed by atoms with Crippen LogP contribution in [0.1, 0.15) is 23.2 Å². The second kappa shape index (κ2) is 6.18. The summed E-state index contributed by atoms with van der Waals surface area (Å²) in [6.45, 7) is 8.37. The van der Waals surface area contributed by atoms with E-state index in [4.69, 9.17) is 0 Å². The van der Waals surface area contributed by atoms with Gasteiger partial charge in [0.15, 0.2) is 0 Å². The van der Waals surface area contributed by atoms with E-state index in [-0.39, 0.29) is 5.91 Å². The van der Waals surface area contributed by atoms with E-state index in [9.17, 15) is 4.79 Å². The number of anilines is 1. The average Bonchev–Trinajstić information content (AvgIpc) is 3.22. The van der Waals surface area contributed by atoms with E-state index in [1.165, 1.54) is 0 Å². The van der Waals surface area contributed by atoms with E-state index in [1.54, 1.807) is 35.4 Å². The highest BCUT2D eigenvalue weighted by Gasteiger charge is 2.25. The van der Waals surface area contributed by atoms with Crippen LogP contribution >= 0.6 is 0 Å². The smallest absolute Gasteiger partial charge is 0.258 e. The summed E-state index contributed by atoms with van der Waals surface area (Å²) >= 11 is 0. The summed E-state index contributed by atoms with van der Waals surface area (Å²) in [5.74, 6) is 0.629. The predicted octanol–water partition coefficient (Wildman–Crippen LogP) is 2.47. The van der Waals surface area contributed by atoms with Gasteiger partial charge in [-0.25, -0.2) is 4.98 Å². The molecule has 1 aromatic rings. The molecule has 1 amide bonds. The Labute approximate surface area is 113 Å². The van der Waals surface area contributed by atoms with E-state index in [0.29, 0.717) is 30.5 Å². The van der Waals surface area contributed by atoms with Crippen LogP contribution in [0.15, 0.2) is 43.6 Å². The van der Waals surface area contributed by atoms with Gasteiger partial charge in [0.05, 0.1) is 5.56 Å². The molecule has 0 radical (unpaired) electrons. The monoisotopic (exact) mass is 257 g/mol. The van der Waals surface area contributed by atoms with Crippen molar-refractivity contribution in [3.05, 3.63) is 49.2 Å². The molecule has 0 aromatic carbocycles. The topological polar surface area (TPSA) is 45.2 Å². The Bertz CT molecular complexity index is 470. The maximum absolute atomic E-state index is 12.5. The van der Waals surface area contributed by atoms with Crippen LogP contribution in [0.3, 0.4) is 0 Å². The van der Waals surface area contributed by atoms with Gasteiger partial charge in [0, 0.05) is 25.3 Å². The minimum atomic E-state index is -0.0453.